The molecule has 4 aromatic rings. The molecule has 0 unspecified atom stereocenters. The van der Waals surface area contributed by atoms with Crippen LogP contribution in [0, 0.1) is 0 Å². The predicted molar refractivity (Wildman–Crippen MR) is 136 cm³/mol. The lowest BCUT2D eigenvalue weighted by atomic mass is 10.1. The number of benzene rings is 3. The molecule has 0 spiro atoms. The monoisotopic (exact) mass is 492 g/mol. The number of anilines is 1. The van der Waals surface area contributed by atoms with Gasteiger partial charge in [0.25, 0.3) is 5.91 Å². The van der Waals surface area contributed by atoms with Crippen molar-refractivity contribution in [3.05, 3.63) is 82.8 Å². The Morgan fingerprint density at radius 3 is 2.44 bits per heavy atom. The van der Waals surface area contributed by atoms with Gasteiger partial charge in [0.05, 0.1) is 10.7 Å². The average molecular weight is 493 g/mol. The molecule has 5 rings (SSSR count). The van der Waals surface area contributed by atoms with Crippen LogP contribution in [-0.2, 0) is 4.79 Å². The lowest BCUT2D eigenvalue weighted by Gasteiger charge is -2.35. The number of piperazine rings is 1. The molecule has 8 heteroatoms. The first-order chi connectivity index (χ1) is 16.6. The normalized spacial score (nSPS) is 13.8. The zero-order valence-electron chi connectivity index (χ0n) is 18.3. The highest BCUT2D eigenvalue weighted by molar-refractivity contribution is 6.36. The molecule has 3 aromatic carbocycles. The second-order valence-electron chi connectivity index (χ2n) is 8.03. The third kappa shape index (κ3) is 4.79. The van der Waals surface area contributed by atoms with Crippen molar-refractivity contribution >= 4 is 45.7 Å². The van der Waals surface area contributed by atoms with Crippen molar-refractivity contribution in [3.8, 4) is 17.0 Å². The molecule has 0 bridgehead atoms. The van der Waals surface area contributed by atoms with E-state index in [4.69, 9.17) is 27.9 Å². The molecule has 1 aliphatic rings. The molecule has 34 heavy (non-hydrogen) atoms. The maximum Gasteiger partial charge on any atom is 0.260 e. The number of fused-ring (bicyclic) bond motifs is 1. The summed E-state index contributed by atoms with van der Waals surface area (Å²) >= 11 is 12.3. The van der Waals surface area contributed by atoms with Gasteiger partial charge in [-0.15, -0.1) is 10.2 Å². The molecule has 0 N–H and O–H groups in total. The van der Waals surface area contributed by atoms with Crippen molar-refractivity contribution < 1.29 is 9.53 Å². The Morgan fingerprint density at radius 2 is 1.68 bits per heavy atom. The number of halogens is 2. The van der Waals surface area contributed by atoms with E-state index in [1.165, 1.54) is 0 Å². The van der Waals surface area contributed by atoms with Crippen LogP contribution in [0.4, 0.5) is 5.82 Å². The second kappa shape index (κ2) is 9.87. The van der Waals surface area contributed by atoms with Crippen LogP contribution in [0.3, 0.4) is 0 Å². The summed E-state index contributed by atoms with van der Waals surface area (Å²) in [5.74, 6) is 1.47. The van der Waals surface area contributed by atoms with Crippen LogP contribution in [0.25, 0.3) is 22.0 Å². The SMILES string of the molecule is O=C(COc1cccc2ccccc12)N1CCN(c2ccc(-c3ccc(Cl)cc3Cl)nn2)CC1. The number of nitrogens with zero attached hydrogens (tertiary/aromatic N) is 4. The van der Waals surface area contributed by atoms with Crippen molar-refractivity contribution in [2.45, 2.75) is 0 Å². The van der Waals surface area contributed by atoms with Crippen molar-refractivity contribution in [2.75, 3.05) is 37.7 Å². The number of hydrogen-bond acceptors (Lipinski definition) is 5. The summed E-state index contributed by atoms with van der Waals surface area (Å²) < 4.78 is 5.87. The minimum absolute atomic E-state index is 0.0182. The minimum atomic E-state index is -0.0219. The number of rotatable bonds is 5. The lowest BCUT2D eigenvalue weighted by molar-refractivity contribution is -0.133. The highest BCUT2D eigenvalue weighted by atomic mass is 35.5. The fraction of sp³-hybridized carbons (Fsp3) is 0.192. The molecule has 6 nitrogen and oxygen atoms in total. The molecular weight excluding hydrogens is 471 g/mol. The van der Waals surface area contributed by atoms with Crippen LogP contribution in [-0.4, -0.2) is 53.8 Å². The largest absolute Gasteiger partial charge is 0.483 e. The van der Waals surface area contributed by atoms with Crippen LogP contribution < -0.4 is 9.64 Å². The average Bonchev–Trinajstić information content (AvgIpc) is 2.87. The molecule has 0 atom stereocenters. The molecule has 172 valence electrons. The molecule has 1 saturated heterocycles. The Hall–Kier alpha value is -3.35. The fourth-order valence-electron chi connectivity index (χ4n) is 4.07. The Balaban J connectivity index is 1.17. The second-order valence-corrected chi connectivity index (χ2v) is 8.88. The van der Waals surface area contributed by atoms with Crippen molar-refractivity contribution in [2.24, 2.45) is 0 Å². The maximum atomic E-state index is 12.7. The van der Waals surface area contributed by atoms with E-state index in [0.717, 1.165) is 27.9 Å². The zero-order chi connectivity index (χ0) is 23.5. The first-order valence-corrected chi connectivity index (χ1v) is 11.8. The Kier molecular flexibility index (Phi) is 6.52. The standard InChI is InChI=1S/C26H22Cl2N4O2/c27-19-8-9-21(22(28)16-19)23-10-11-25(30-29-23)31-12-14-32(15-13-31)26(33)17-34-24-7-3-5-18-4-1-2-6-20(18)24/h1-11,16H,12-15,17H2. The fourth-order valence-corrected chi connectivity index (χ4v) is 4.58. The van der Waals surface area contributed by atoms with Gasteiger partial charge in [-0.3, -0.25) is 4.79 Å². The van der Waals surface area contributed by atoms with Crippen LogP contribution in [0.5, 0.6) is 5.75 Å². The van der Waals surface area contributed by atoms with E-state index in [0.29, 0.717) is 41.9 Å². The summed E-state index contributed by atoms with van der Waals surface area (Å²) in [4.78, 5) is 16.7. The van der Waals surface area contributed by atoms with Crippen LogP contribution >= 0.6 is 23.2 Å². The summed E-state index contributed by atoms with van der Waals surface area (Å²) in [6, 6.07) is 23.0. The van der Waals surface area contributed by atoms with E-state index in [-0.39, 0.29) is 12.5 Å². The predicted octanol–water partition coefficient (Wildman–Crippen LogP) is 5.33. The third-order valence-electron chi connectivity index (χ3n) is 5.91. The first kappa shape index (κ1) is 22.4. The van der Waals surface area contributed by atoms with Gasteiger partial charge in [0.1, 0.15) is 5.75 Å². The molecule has 1 aliphatic heterocycles. The molecule has 1 aromatic heterocycles. The molecule has 0 aliphatic carbocycles. The molecule has 2 heterocycles. The van der Waals surface area contributed by atoms with Crippen LogP contribution in [0.2, 0.25) is 10.0 Å². The van der Waals surface area contributed by atoms with Gasteiger partial charge in [0.2, 0.25) is 0 Å². The first-order valence-electron chi connectivity index (χ1n) is 11.0. The van der Waals surface area contributed by atoms with E-state index < -0.39 is 0 Å². The number of carbonyl (C=O) groups excluding carboxylic acids is 1. The van der Waals surface area contributed by atoms with E-state index in [1.54, 1.807) is 12.1 Å². The Morgan fingerprint density at radius 1 is 0.882 bits per heavy atom. The molecular formula is C26H22Cl2N4O2. The molecule has 1 fully saturated rings. The summed E-state index contributed by atoms with van der Waals surface area (Å²) in [5, 5.41) is 11.9. The van der Waals surface area contributed by atoms with Gasteiger partial charge in [-0.05, 0) is 41.8 Å². The summed E-state index contributed by atoms with van der Waals surface area (Å²) in [6.07, 6.45) is 0. The lowest BCUT2D eigenvalue weighted by Crippen LogP contribution is -2.50. The summed E-state index contributed by atoms with van der Waals surface area (Å²) in [7, 11) is 0. The van der Waals surface area contributed by atoms with Gasteiger partial charge in [-0.2, -0.15) is 0 Å². The number of ether oxygens (including phenoxy) is 1. The maximum absolute atomic E-state index is 12.7. The molecule has 1 amide bonds. The summed E-state index contributed by atoms with van der Waals surface area (Å²) in [6.45, 7) is 2.57. The van der Waals surface area contributed by atoms with Gasteiger partial charge in [-0.25, -0.2) is 0 Å². The topological polar surface area (TPSA) is 58.6 Å². The van der Waals surface area contributed by atoms with Gasteiger partial charge in [-0.1, -0.05) is 59.6 Å². The minimum Gasteiger partial charge on any atom is -0.483 e. The molecule has 0 saturated carbocycles. The van der Waals surface area contributed by atoms with Crippen molar-refractivity contribution in [1.82, 2.24) is 15.1 Å². The zero-order valence-corrected chi connectivity index (χ0v) is 19.8. The van der Waals surface area contributed by atoms with E-state index >= 15 is 0 Å². The number of hydrogen-bond donors (Lipinski definition) is 0. The van der Waals surface area contributed by atoms with Gasteiger partial charge < -0.3 is 14.5 Å². The highest BCUT2D eigenvalue weighted by Crippen LogP contribution is 2.29. The van der Waals surface area contributed by atoms with E-state index in [2.05, 4.69) is 15.1 Å². The Bertz CT molecular complexity index is 1320. The van der Waals surface area contributed by atoms with Gasteiger partial charge in [0.15, 0.2) is 12.4 Å². The van der Waals surface area contributed by atoms with E-state index in [1.807, 2.05) is 65.6 Å². The van der Waals surface area contributed by atoms with Crippen LogP contribution in [0.15, 0.2) is 72.8 Å². The van der Waals surface area contributed by atoms with Crippen LogP contribution in [0.1, 0.15) is 0 Å². The van der Waals surface area contributed by atoms with E-state index in [9.17, 15) is 4.79 Å². The number of carbonyl (C=O) groups is 1. The number of aromatic nitrogens is 2. The van der Waals surface area contributed by atoms with Crippen molar-refractivity contribution in [1.29, 1.82) is 0 Å². The Labute approximate surface area is 207 Å². The molecule has 0 radical (unpaired) electrons. The number of amides is 1. The van der Waals surface area contributed by atoms with Crippen molar-refractivity contribution in [3.63, 3.8) is 0 Å². The summed E-state index contributed by atoms with van der Waals surface area (Å²) in [5.41, 5.74) is 1.47. The van der Waals surface area contributed by atoms with Gasteiger partial charge >= 0.3 is 0 Å². The quantitative estimate of drug-likeness (QED) is 0.376. The van der Waals surface area contributed by atoms with Gasteiger partial charge in [0, 0.05) is 42.2 Å². The highest BCUT2D eigenvalue weighted by Gasteiger charge is 2.23. The third-order valence-corrected chi connectivity index (χ3v) is 6.46. The smallest absolute Gasteiger partial charge is 0.260 e.